The van der Waals surface area contributed by atoms with E-state index >= 15 is 0 Å². The van der Waals surface area contributed by atoms with Crippen molar-refractivity contribution in [1.82, 2.24) is 0 Å². The summed E-state index contributed by atoms with van der Waals surface area (Å²) in [5.74, 6) is -0.793. The number of ether oxygens (including phenoxy) is 3. The van der Waals surface area contributed by atoms with Crippen LogP contribution in [-0.2, 0) is 4.74 Å². The van der Waals surface area contributed by atoms with Crippen LogP contribution in [0.2, 0.25) is 0 Å². The van der Waals surface area contributed by atoms with Crippen LogP contribution in [-0.4, -0.2) is 43.5 Å². The van der Waals surface area contributed by atoms with Crippen molar-refractivity contribution < 1.29 is 34.0 Å². The van der Waals surface area contributed by atoms with Crippen molar-refractivity contribution in [1.29, 1.82) is 0 Å². The van der Waals surface area contributed by atoms with Gasteiger partial charge in [0.1, 0.15) is 11.3 Å². The van der Waals surface area contributed by atoms with Crippen molar-refractivity contribution in [2.45, 2.75) is 0 Å². The minimum absolute atomic E-state index is 0.0989. The van der Waals surface area contributed by atoms with Crippen LogP contribution in [0, 0.1) is 0 Å². The summed E-state index contributed by atoms with van der Waals surface area (Å²) in [7, 11) is 4.20. The fourth-order valence-corrected chi connectivity index (χ4v) is 1.70. The molecule has 24 heavy (non-hydrogen) atoms. The number of hydrogen-bond donors (Lipinski definition) is 2. The summed E-state index contributed by atoms with van der Waals surface area (Å²) in [5, 5.41) is 18.0. The van der Waals surface area contributed by atoms with E-state index in [1.54, 1.807) is 24.3 Å². The topological polar surface area (TPSA) is 102 Å². The number of carboxylic acid groups (broad SMARTS) is 1. The molecule has 7 nitrogen and oxygen atoms in total. The number of hydrogen-bond acceptors (Lipinski definition) is 6. The molecule has 0 fully saturated rings. The number of carbonyl (C=O) groups is 2. The lowest BCUT2D eigenvalue weighted by Gasteiger charge is -2.06. The Labute approximate surface area is 139 Å². The first-order chi connectivity index (χ1) is 11.4. The molecule has 0 aliphatic heterocycles. The van der Waals surface area contributed by atoms with Crippen molar-refractivity contribution in [2.75, 3.05) is 21.3 Å². The van der Waals surface area contributed by atoms with Crippen LogP contribution in [0.3, 0.4) is 0 Å². The maximum Gasteiger partial charge on any atom is 0.341 e. The number of para-hydroxylation sites is 1. The van der Waals surface area contributed by atoms with Crippen molar-refractivity contribution in [3.8, 4) is 17.2 Å². The Kier molecular flexibility index (Phi) is 7.09. The average molecular weight is 334 g/mol. The first-order valence-corrected chi connectivity index (χ1v) is 6.76. The molecule has 0 aromatic heterocycles. The Morgan fingerprint density at radius 2 is 1.54 bits per heavy atom. The fourth-order valence-electron chi connectivity index (χ4n) is 1.70. The van der Waals surface area contributed by atoms with Gasteiger partial charge in [0.2, 0.25) is 0 Å². The maximum atomic E-state index is 11.1. The van der Waals surface area contributed by atoms with Crippen LogP contribution in [0.4, 0.5) is 0 Å². The number of carbonyl (C=O) groups excluding carboxylic acids is 1. The Morgan fingerprint density at radius 3 is 2.00 bits per heavy atom. The summed E-state index contributed by atoms with van der Waals surface area (Å²) < 4.78 is 14.1. The zero-order chi connectivity index (χ0) is 18.1. The zero-order valence-corrected chi connectivity index (χ0v) is 13.5. The van der Waals surface area contributed by atoms with Gasteiger partial charge in [-0.05, 0) is 36.4 Å². The molecular weight excluding hydrogens is 316 g/mol. The number of benzene rings is 2. The molecule has 128 valence electrons. The van der Waals surface area contributed by atoms with E-state index < -0.39 is 11.9 Å². The van der Waals surface area contributed by atoms with Gasteiger partial charge in [-0.2, -0.15) is 0 Å². The fraction of sp³-hybridized carbons (Fsp3) is 0.176. The van der Waals surface area contributed by atoms with Crippen molar-refractivity contribution in [3.05, 3.63) is 53.6 Å². The molecule has 0 atom stereocenters. The quantitative estimate of drug-likeness (QED) is 0.828. The van der Waals surface area contributed by atoms with Crippen LogP contribution in [0.15, 0.2) is 42.5 Å². The highest BCUT2D eigenvalue weighted by Crippen LogP contribution is 2.29. The van der Waals surface area contributed by atoms with Crippen molar-refractivity contribution in [2.24, 2.45) is 0 Å². The van der Waals surface area contributed by atoms with Gasteiger partial charge in [-0.1, -0.05) is 6.07 Å². The van der Waals surface area contributed by atoms with Crippen LogP contribution < -0.4 is 9.47 Å². The van der Waals surface area contributed by atoms with E-state index in [9.17, 15) is 14.7 Å². The van der Waals surface area contributed by atoms with E-state index in [1.165, 1.54) is 39.5 Å². The number of carboxylic acids is 1. The van der Waals surface area contributed by atoms with Crippen LogP contribution >= 0.6 is 0 Å². The molecule has 0 aliphatic carbocycles. The van der Waals surface area contributed by atoms with Gasteiger partial charge in [-0.15, -0.1) is 0 Å². The molecule has 0 unspecified atom stereocenters. The first kappa shape index (κ1) is 18.8. The van der Waals surface area contributed by atoms with Gasteiger partial charge in [0.25, 0.3) is 0 Å². The molecule has 2 rings (SSSR count). The van der Waals surface area contributed by atoms with E-state index in [0.29, 0.717) is 5.75 Å². The molecule has 0 saturated heterocycles. The summed E-state index contributed by atoms with van der Waals surface area (Å²) in [6, 6.07) is 10.9. The molecule has 2 N–H and O–H groups in total. The SMILES string of the molecule is COC(=O)c1cccc(OC)c1O.COc1ccc(C(=O)O)cc1. The Bertz CT molecular complexity index is 693. The summed E-state index contributed by atoms with van der Waals surface area (Å²) in [6.45, 7) is 0. The van der Waals surface area contributed by atoms with E-state index in [4.69, 9.17) is 14.6 Å². The maximum absolute atomic E-state index is 11.1. The first-order valence-electron chi connectivity index (χ1n) is 6.76. The molecule has 0 amide bonds. The van der Waals surface area contributed by atoms with Crippen LogP contribution in [0.1, 0.15) is 20.7 Å². The minimum atomic E-state index is -0.923. The summed E-state index contributed by atoms with van der Waals surface area (Å²) in [4.78, 5) is 21.4. The molecule has 0 heterocycles. The smallest absolute Gasteiger partial charge is 0.341 e. The monoisotopic (exact) mass is 334 g/mol. The number of phenols is 1. The number of esters is 1. The average Bonchev–Trinajstić information content (AvgIpc) is 2.61. The number of aromatic carboxylic acids is 1. The lowest BCUT2D eigenvalue weighted by atomic mass is 10.2. The van der Waals surface area contributed by atoms with Gasteiger partial charge >= 0.3 is 11.9 Å². The molecule has 2 aromatic rings. The third kappa shape index (κ3) is 4.91. The molecule has 7 heteroatoms. The predicted octanol–water partition coefficient (Wildman–Crippen LogP) is 2.58. The number of methoxy groups -OCH3 is 3. The lowest BCUT2D eigenvalue weighted by molar-refractivity contribution is 0.0595. The lowest BCUT2D eigenvalue weighted by Crippen LogP contribution is -2.01. The summed E-state index contributed by atoms with van der Waals surface area (Å²) in [6.07, 6.45) is 0. The van der Waals surface area contributed by atoms with E-state index in [0.717, 1.165) is 0 Å². The molecule has 0 aliphatic rings. The molecule has 0 spiro atoms. The van der Waals surface area contributed by atoms with Gasteiger partial charge in [0.05, 0.1) is 26.9 Å². The van der Waals surface area contributed by atoms with Crippen LogP contribution in [0.5, 0.6) is 17.2 Å². The van der Waals surface area contributed by atoms with Crippen molar-refractivity contribution in [3.63, 3.8) is 0 Å². The Morgan fingerprint density at radius 1 is 0.917 bits per heavy atom. The van der Waals surface area contributed by atoms with Gasteiger partial charge in [-0.3, -0.25) is 0 Å². The highest BCUT2D eigenvalue weighted by atomic mass is 16.5. The molecule has 0 saturated carbocycles. The van der Waals surface area contributed by atoms with Crippen molar-refractivity contribution >= 4 is 11.9 Å². The number of aromatic hydroxyl groups is 1. The van der Waals surface area contributed by atoms with Crippen LogP contribution in [0.25, 0.3) is 0 Å². The third-order valence-electron chi connectivity index (χ3n) is 2.96. The van der Waals surface area contributed by atoms with Gasteiger partial charge in [-0.25, -0.2) is 9.59 Å². The third-order valence-corrected chi connectivity index (χ3v) is 2.96. The number of phenolic OH excluding ortho intramolecular Hbond substituents is 1. The van der Waals surface area contributed by atoms with Gasteiger partial charge in [0.15, 0.2) is 11.5 Å². The minimum Gasteiger partial charge on any atom is -0.504 e. The Balaban J connectivity index is 0.000000243. The zero-order valence-electron chi connectivity index (χ0n) is 13.5. The molecule has 2 aromatic carbocycles. The predicted molar refractivity (Wildman–Crippen MR) is 86.0 cm³/mol. The second-order valence-corrected chi connectivity index (χ2v) is 4.38. The summed E-state index contributed by atoms with van der Waals surface area (Å²) in [5.41, 5.74) is 0.368. The Hall–Kier alpha value is -3.22. The largest absolute Gasteiger partial charge is 0.504 e. The second-order valence-electron chi connectivity index (χ2n) is 4.38. The highest BCUT2D eigenvalue weighted by molar-refractivity contribution is 5.93. The van der Waals surface area contributed by atoms with E-state index in [1.807, 2.05) is 0 Å². The van der Waals surface area contributed by atoms with Gasteiger partial charge in [0, 0.05) is 0 Å². The second kappa shape index (κ2) is 9.04. The van der Waals surface area contributed by atoms with E-state index in [2.05, 4.69) is 4.74 Å². The highest BCUT2D eigenvalue weighted by Gasteiger charge is 2.14. The standard InChI is InChI=1S/C9H10O4.C8H8O3/c1-12-7-5-3-4-6(8(7)10)9(11)13-2;1-11-7-4-2-6(3-5-7)8(9)10/h3-5,10H,1-2H3;2-5H,1H3,(H,9,10). The molecule has 0 bridgehead atoms. The van der Waals surface area contributed by atoms with Gasteiger partial charge < -0.3 is 24.4 Å². The normalized spacial score (nSPS) is 9.29. The van der Waals surface area contributed by atoms with E-state index in [-0.39, 0.29) is 22.6 Å². The molecule has 0 radical (unpaired) electrons. The molecular formula is C17H18O7. The number of rotatable bonds is 4. The summed E-state index contributed by atoms with van der Waals surface area (Å²) >= 11 is 0.